The first-order chi connectivity index (χ1) is 6.70. The fraction of sp³-hybridized carbons (Fsp3) is 0.714. The van der Waals surface area contributed by atoms with Gasteiger partial charge in [-0.1, -0.05) is 23.6 Å². The minimum atomic E-state index is -0.874. The molecular formula is C7H14N2O4Si. The molecule has 0 bridgehead atoms. The van der Waals surface area contributed by atoms with E-state index in [0.29, 0.717) is 0 Å². The molecule has 0 rings (SSSR count). The molecule has 0 aromatic carbocycles. The zero-order chi connectivity index (χ0) is 10.8. The highest BCUT2D eigenvalue weighted by Gasteiger charge is 2.01. The Hall–Kier alpha value is -1.24. The first-order valence-corrected chi connectivity index (χ1v) is 6.03. The maximum absolute atomic E-state index is 10.8. The molecule has 0 heterocycles. The fourth-order valence-corrected chi connectivity index (χ4v) is 1.23. The van der Waals surface area contributed by atoms with Crippen LogP contribution in [0.5, 0.6) is 0 Å². The SMILES string of the molecule is CCC[SiH2]OC(=O)N=NC(=O)OCC. The topological polar surface area (TPSA) is 77.3 Å². The van der Waals surface area contributed by atoms with Crippen molar-refractivity contribution in [3.63, 3.8) is 0 Å². The molecule has 0 N–H and O–H groups in total. The lowest BCUT2D eigenvalue weighted by atomic mass is 10.6. The van der Waals surface area contributed by atoms with Gasteiger partial charge in [-0.15, -0.1) is 0 Å². The van der Waals surface area contributed by atoms with Crippen LogP contribution in [0.2, 0.25) is 6.04 Å². The molecule has 0 spiro atoms. The van der Waals surface area contributed by atoms with Gasteiger partial charge in [-0.25, -0.2) is 9.59 Å². The predicted octanol–water partition coefficient (Wildman–Crippen LogP) is 1.64. The molecule has 80 valence electrons. The molecule has 0 atom stereocenters. The third-order valence-electron chi connectivity index (χ3n) is 1.20. The summed E-state index contributed by atoms with van der Waals surface area (Å²) in [5.74, 6) is 0. The van der Waals surface area contributed by atoms with E-state index in [9.17, 15) is 9.59 Å². The summed E-state index contributed by atoms with van der Waals surface area (Å²) in [5, 5.41) is 6.04. The van der Waals surface area contributed by atoms with Crippen LogP contribution in [0.3, 0.4) is 0 Å². The van der Waals surface area contributed by atoms with Gasteiger partial charge < -0.3 is 9.16 Å². The standard InChI is InChI=1S/C7H14N2O4Si/c1-3-5-14-13-7(11)9-8-6(10)12-4-2/h3-5,14H2,1-2H3. The van der Waals surface area contributed by atoms with E-state index < -0.39 is 21.9 Å². The van der Waals surface area contributed by atoms with Gasteiger partial charge in [-0.3, -0.25) is 0 Å². The zero-order valence-corrected chi connectivity index (χ0v) is 9.77. The summed E-state index contributed by atoms with van der Waals surface area (Å²) >= 11 is 0. The highest BCUT2D eigenvalue weighted by Crippen LogP contribution is 1.92. The molecule has 0 saturated carbocycles. The molecule has 0 aliphatic heterocycles. The lowest BCUT2D eigenvalue weighted by Crippen LogP contribution is -2.04. The van der Waals surface area contributed by atoms with E-state index in [-0.39, 0.29) is 6.61 Å². The van der Waals surface area contributed by atoms with Crippen LogP contribution < -0.4 is 0 Å². The van der Waals surface area contributed by atoms with Gasteiger partial charge in [-0.05, 0) is 13.0 Å². The Bertz CT molecular complexity index is 220. The molecule has 0 saturated heterocycles. The van der Waals surface area contributed by atoms with Gasteiger partial charge in [0.15, 0.2) is 0 Å². The summed E-state index contributed by atoms with van der Waals surface area (Å²) in [7, 11) is -0.848. The molecule has 0 aliphatic carbocycles. The lowest BCUT2D eigenvalue weighted by molar-refractivity contribution is 0.160. The van der Waals surface area contributed by atoms with Crippen molar-refractivity contribution in [2.45, 2.75) is 26.3 Å². The number of nitrogens with zero attached hydrogens (tertiary/aromatic N) is 2. The summed E-state index contributed by atoms with van der Waals surface area (Å²) in [4.78, 5) is 21.4. The third kappa shape index (κ3) is 7.41. The van der Waals surface area contributed by atoms with Crippen LogP contribution in [-0.4, -0.2) is 28.6 Å². The van der Waals surface area contributed by atoms with Gasteiger partial charge in [0.1, 0.15) is 0 Å². The Morgan fingerprint density at radius 3 is 2.43 bits per heavy atom. The predicted molar refractivity (Wildman–Crippen MR) is 52.0 cm³/mol. The van der Waals surface area contributed by atoms with Crippen LogP contribution in [-0.2, 0) is 9.16 Å². The Kier molecular flexibility index (Phi) is 7.62. The molecule has 6 nitrogen and oxygen atoms in total. The van der Waals surface area contributed by atoms with E-state index in [1.807, 2.05) is 6.92 Å². The molecule has 0 aliphatic rings. The van der Waals surface area contributed by atoms with E-state index >= 15 is 0 Å². The van der Waals surface area contributed by atoms with Crippen LogP contribution >= 0.6 is 0 Å². The van der Waals surface area contributed by atoms with Crippen LogP contribution in [0.1, 0.15) is 20.3 Å². The minimum Gasteiger partial charge on any atom is -0.507 e. The van der Waals surface area contributed by atoms with E-state index in [1.54, 1.807) is 6.92 Å². The molecular weight excluding hydrogens is 204 g/mol. The summed E-state index contributed by atoms with van der Waals surface area (Å²) in [6.07, 6.45) is -0.700. The molecule has 7 heteroatoms. The average molecular weight is 218 g/mol. The van der Waals surface area contributed by atoms with Gasteiger partial charge >= 0.3 is 12.2 Å². The monoisotopic (exact) mass is 218 g/mol. The number of azo groups is 1. The Morgan fingerprint density at radius 2 is 1.86 bits per heavy atom. The van der Waals surface area contributed by atoms with Gasteiger partial charge in [-0.2, -0.15) is 0 Å². The number of carbonyl (C=O) groups is 2. The number of rotatable bonds is 4. The highest BCUT2D eigenvalue weighted by atomic mass is 28.2. The van der Waals surface area contributed by atoms with Gasteiger partial charge in [0.05, 0.1) is 6.61 Å². The van der Waals surface area contributed by atoms with Crippen molar-refractivity contribution in [2.75, 3.05) is 6.61 Å². The van der Waals surface area contributed by atoms with Crippen LogP contribution in [0.4, 0.5) is 9.59 Å². The van der Waals surface area contributed by atoms with Crippen LogP contribution in [0, 0.1) is 0 Å². The molecule has 2 amide bonds. The number of amides is 2. The smallest absolute Gasteiger partial charge is 0.452 e. The van der Waals surface area contributed by atoms with Crippen molar-refractivity contribution in [3.05, 3.63) is 0 Å². The number of carbonyl (C=O) groups excluding carboxylic acids is 2. The molecule has 0 radical (unpaired) electrons. The minimum absolute atomic E-state index is 0.206. The van der Waals surface area contributed by atoms with Crippen molar-refractivity contribution in [1.82, 2.24) is 0 Å². The van der Waals surface area contributed by atoms with Crippen molar-refractivity contribution in [3.8, 4) is 0 Å². The summed E-state index contributed by atoms with van der Waals surface area (Å²) in [6.45, 7) is 3.85. The lowest BCUT2D eigenvalue weighted by Gasteiger charge is -1.97. The molecule has 0 unspecified atom stereocenters. The second-order valence-electron chi connectivity index (χ2n) is 2.37. The molecule has 0 aromatic heterocycles. The Labute approximate surface area is 84.6 Å². The highest BCUT2D eigenvalue weighted by molar-refractivity contribution is 6.30. The summed E-state index contributed by atoms with van der Waals surface area (Å²) in [6, 6.07) is 0.903. The van der Waals surface area contributed by atoms with E-state index in [1.165, 1.54) is 0 Å². The van der Waals surface area contributed by atoms with Crippen LogP contribution in [0.15, 0.2) is 10.2 Å². The maximum Gasteiger partial charge on any atom is 0.452 e. The second-order valence-corrected chi connectivity index (χ2v) is 3.77. The van der Waals surface area contributed by atoms with Gasteiger partial charge in [0.25, 0.3) is 0 Å². The fourth-order valence-electron chi connectivity index (χ4n) is 0.567. The van der Waals surface area contributed by atoms with Crippen molar-refractivity contribution in [2.24, 2.45) is 10.2 Å². The second kappa shape index (κ2) is 8.36. The van der Waals surface area contributed by atoms with Crippen molar-refractivity contribution >= 4 is 21.9 Å². The largest absolute Gasteiger partial charge is 0.507 e. The average Bonchev–Trinajstić information content (AvgIpc) is 2.16. The summed E-state index contributed by atoms with van der Waals surface area (Å²) < 4.78 is 9.16. The normalized spacial score (nSPS) is 11.0. The summed E-state index contributed by atoms with van der Waals surface area (Å²) in [5.41, 5.74) is 0. The van der Waals surface area contributed by atoms with E-state index in [4.69, 9.17) is 4.43 Å². The Balaban J connectivity index is 3.64. The number of ether oxygens (including phenoxy) is 1. The third-order valence-corrected chi connectivity index (χ3v) is 2.65. The van der Waals surface area contributed by atoms with Crippen molar-refractivity contribution < 1.29 is 18.8 Å². The molecule has 14 heavy (non-hydrogen) atoms. The van der Waals surface area contributed by atoms with Gasteiger partial charge in [0.2, 0.25) is 9.76 Å². The maximum atomic E-state index is 10.8. The van der Waals surface area contributed by atoms with Crippen molar-refractivity contribution in [1.29, 1.82) is 0 Å². The first-order valence-electron chi connectivity index (χ1n) is 4.46. The molecule has 0 fully saturated rings. The van der Waals surface area contributed by atoms with E-state index in [0.717, 1.165) is 12.5 Å². The molecule has 0 aromatic rings. The number of hydrogen-bond acceptors (Lipinski definition) is 4. The van der Waals surface area contributed by atoms with Gasteiger partial charge in [0, 0.05) is 0 Å². The quantitative estimate of drug-likeness (QED) is 0.408. The van der Waals surface area contributed by atoms with Crippen LogP contribution in [0.25, 0.3) is 0 Å². The number of hydrogen-bond donors (Lipinski definition) is 0. The first kappa shape index (κ1) is 12.8. The zero-order valence-electron chi connectivity index (χ0n) is 8.36. The van der Waals surface area contributed by atoms with E-state index in [2.05, 4.69) is 15.0 Å². The Morgan fingerprint density at radius 1 is 1.21 bits per heavy atom.